The molecule has 6 heteroatoms. The van der Waals surface area contributed by atoms with Crippen LogP contribution in [0, 0.1) is 11.6 Å². The average molecular weight is 270 g/mol. The van der Waals surface area contributed by atoms with Crippen molar-refractivity contribution in [2.75, 3.05) is 34.2 Å². The van der Waals surface area contributed by atoms with Gasteiger partial charge in [0.2, 0.25) is 5.91 Å². The molecular weight excluding hydrogens is 254 g/mol. The summed E-state index contributed by atoms with van der Waals surface area (Å²) in [4.78, 5) is 26.1. The molecule has 0 unspecified atom stereocenters. The number of nitrogens with zero attached hydrogens (tertiary/aromatic N) is 2. The number of ketones is 1. The first-order valence-electron chi connectivity index (χ1n) is 5.68. The predicted octanol–water partition coefficient (Wildman–Crippen LogP) is 1.17. The monoisotopic (exact) mass is 270 g/mol. The Balaban J connectivity index is 2.69. The van der Waals surface area contributed by atoms with Crippen molar-refractivity contribution in [3.05, 3.63) is 35.4 Å². The van der Waals surface area contributed by atoms with Crippen LogP contribution in [-0.2, 0) is 4.79 Å². The molecule has 0 radical (unpaired) electrons. The molecule has 0 saturated carbocycles. The average Bonchev–Trinajstić information content (AvgIpc) is 2.31. The Morgan fingerprint density at radius 3 is 2.32 bits per heavy atom. The SMILES string of the molecule is CN(CC(=O)c1cc(F)ccc1F)CC(=O)N(C)C. The maximum absolute atomic E-state index is 13.4. The fraction of sp³-hybridized carbons (Fsp3) is 0.385. The molecule has 0 aliphatic heterocycles. The van der Waals surface area contributed by atoms with Crippen molar-refractivity contribution in [2.24, 2.45) is 0 Å². The van der Waals surface area contributed by atoms with E-state index >= 15 is 0 Å². The van der Waals surface area contributed by atoms with E-state index in [2.05, 4.69) is 0 Å². The first kappa shape index (κ1) is 15.2. The second kappa shape index (κ2) is 6.38. The number of amides is 1. The number of carbonyl (C=O) groups excluding carboxylic acids is 2. The van der Waals surface area contributed by atoms with Crippen LogP contribution in [0.2, 0.25) is 0 Å². The minimum atomic E-state index is -0.765. The van der Waals surface area contributed by atoms with Crippen molar-refractivity contribution in [1.82, 2.24) is 9.80 Å². The van der Waals surface area contributed by atoms with E-state index in [9.17, 15) is 18.4 Å². The fourth-order valence-corrected chi connectivity index (χ4v) is 1.47. The van der Waals surface area contributed by atoms with Crippen LogP contribution in [0.4, 0.5) is 8.78 Å². The lowest BCUT2D eigenvalue weighted by atomic mass is 10.1. The first-order valence-corrected chi connectivity index (χ1v) is 5.68. The molecule has 0 aromatic heterocycles. The van der Waals surface area contributed by atoms with Crippen molar-refractivity contribution in [1.29, 1.82) is 0 Å². The van der Waals surface area contributed by atoms with E-state index in [1.807, 2.05) is 0 Å². The predicted molar refractivity (Wildman–Crippen MR) is 66.9 cm³/mol. The smallest absolute Gasteiger partial charge is 0.236 e. The van der Waals surface area contributed by atoms with E-state index in [1.54, 1.807) is 21.1 Å². The van der Waals surface area contributed by atoms with E-state index < -0.39 is 17.4 Å². The molecule has 0 N–H and O–H groups in total. The molecule has 0 atom stereocenters. The van der Waals surface area contributed by atoms with E-state index in [-0.39, 0.29) is 24.6 Å². The molecule has 0 aliphatic rings. The van der Waals surface area contributed by atoms with Crippen LogP contribution in [0.1, 0.15) is 10.4 Å². The Morgan fingerprint density at radius 2 is 1.74 bits per heavy atom. The molecule has 19 heavy (non-hydrogen) atoms. The number of carbonyl (C=O) groups is 2. The number of rotatable bonds is 5. The Labute approximate surface area is 110 Å². The zero-order valence-corrected chi connectivity index (χ0v) is 11.1. The molecule has 1 amide bonds. The zero-order chi connectivity index (χ0) is 14.6. The maximum Gasteiger partial charge on any atom is 0.236 e. The van der Waals surface area contributed by atoms with Crippen molar-refractivity contribution in [2.45, 2.75) is 0 Å². The topological polar surface area (TPSA) is 40.6 Å². The van der Waals surface area contributed by atoms with Crippen LogP contribution in [0.25, 0.3) is 0 Å². The third-order valence-corrected chi connectivity index (χ3v) is 2.55. The van der Waals surface area contributed by atoms with Gasteiger partial charge in [-0.15, -0.1) is 0 Å². The van der Waals surface area contributed by atoms with Gasteiger partial charge in [-0.25, -0.2) is 8.78 Å². The van der Waals surface area contributed by atoms with Gasteiger partial charge in [0.25, 0.3) is 0 Å². The van der Waals surface area contributed by atoms with Crippen LogP contribution in [0.15, 0.2) is 18.2 Å². The number of Topliss-reactive ketones (excluding diaryl/α,β-unsaturated/α-hetero) is 1. The lowest BCUT2D eigenvalue weighted by Crippen LogP contribution is -2.37. The van der Waals surface area contributed by atoms with Crippen molar-refractivity contribution in [3.8, 4) is 0 Å². The molecule has 1 rings (SSSR count). The number of halogens is 2. The summed E-state index contributed by atoms with van der Waals surface area (Å²) in [6, 6.07) is 2.72. The summed E-state index contributed by atoms with van der Waals surface area (Å²) >= 11 is 0. The molecule has 0 saturated heterocycles. The van der Waals surface area contributed by atoms with Gasteiger partial charge in [-0.05, 0) is 25.2 Å². The largest absolute Gasteiger partial charge is 0.348 e. The minimum absolute atomic E-state index is 0.0374. The standard InChI is InChI=1S/C13H16F2N2O2/c1-16(2)13(19)8-17(3)7-12(18)10-6-9(14)4-5-11(10)15/h4-6H,7-8H2,1-3H3. The van der Waals surface area contributed by atoms with Crippen LogP contribution in [0.3, 0.4) is 0 Å². The molecule has 0 aliphatic carbocycles. The second-order valence-corrected chi connectivity index (χ2v) is 4.51. The van der Waals surface area contributed by atoms with Crippen LogP contribution >= 0.6 is 0 Å². The number of hydrogen-bond acceptors (Lipinski definition) is 3. The molecule has 4 nitrogen and oxygen atoms in total. The van der Waals surface area contributed by atoms with Crippen molar-refractivity contribution < 1.29 is 18.4 Å². The van der Waals surface area contributed by atoms with E-state index in [0.717, 1.165) is 18.2 Å². The molecular formula is C13H16F2N2O2. The number of likely N-dealkylation sites (N-methyl/N-ethyl adjacent to an activating group) is 2. The molecule has 0 heterocycles. The van der Waals surface area contributed by atoms with Gasteiger partial charge in [-0.1, -0.05) is 0 Å². The number of benzene rings is 1. The third-order valence-electron chi connectivity index (χ3n) is 2.55. The highest BCUT2D eigenvalue weighted by atomic mass is 19.1. The summed E-state index contributed by atoms with van der Waals surface area (Å²) in [6.45, 7) is -0.115. The van der Waals surface area contributed by atoms with Gasteiger partial charge in [0, 0.05) is 14.1 Å². The molecule has 1 aromatic rings. The van der Waals surface area contributed by atoms with Crippen LogP contribution in [0.5, 0.6) is 0 Å². The molecule has 1 aromatic carbocycles. The highest BCUT2D eigenvalue weighted by molar-refractivity contribution is 5.98. The Hall–Kier alpha value is -1.82. The summed E-state index contributed by atoms with van der Waals surface area (Å²) in [5, 5.41) is 0. The van der Waals surface area contributed by atoms with Gasteiger partial charge >= 0.3 is 0 Å². The highest BCUT2D eigenvalue weighted by Crippen LogP contribution is 2.10. The van der Waals surface area contributed by atoms with E-state index in [0.29, 0.717) is 0 Å². The number of hydrogen-bond donors (Lipinski definition) is 0. The summed E-state index contributed by atoms with van der Waals surface area (Å²) in [7, 11) is 4.77. The Bertz CT molecular complexity index is 490. The van der Waals surface area contributed by atoms with Gasteiger partial charge in [-0.2, -0.15) is 0 Å². The second-order valence-electron chi connectivity index (χ2n) is 4.51. The van der Waals surface area contributed by atoms with Crippen molar-refractivity contribution in [3.63, 3.8) is 0 Å². The van der Waals surface area contributed by atoms with E-state index in [1.165, 1.54) is 9.80 Å². The Kier molecular flexibility index (Phi) is 5.11. The van der Waals surface area contributed by atoms with Gasteiger partial charge < -0.3 is 4.90 Å². The lowest BCUT2D eigenvalue weighted by Gasteiger charge is -2.18. The summed E-state index contributed by atoms with van der Waals surface area (Å²) in [6.07, 6.45) is 0. The molecule has 0 fully saturated rings. The van der Waals surface area contributed by atoms with E-state index in [4.69, 9.17) is 0 Å². The Morgan fingerprint density at radius 1 is 1.11 bits per heavy atom. The van der Waals surface area contributed by atoms with Gasteiger partial charge in [0.1, 0.15) is 11.6 Å². The van der Waals surface area contributed by atoms with Gasteiger partial charge in [0.05, 0.1) is 18.7 Å². The van der Waals surface area contributed by atoms with Gasteiger partial charge in [0.15, 0.2) is 5.78 Å². The fourth-order valence-electron chi connectivity index (χ4n) is 1.47. The molecule has 0 spiro atoms. The van der Waals surface area contributed by atoms with Crippen LogP contribution < -0.4 is 0 Å². The maximum atomic E-state index is 13.4. The summed E-state index contributed by atoms with van der Waals surface area (Å²) < 4.78 is 26.3. The molecule has 104 valence electrons. The highest BCUT2D eigenvalue weighted by Gasteiger charge is 2.16. The lowest BCUT2D eigenvalue weighted by molar-refractivity contribution is -0.129. The molecule has 0 bridgehead atoms. The van der Waals surface area contributed by atoms with Crippen molar-refractivity contribution >= 4 is 11.7 Å². The zero-order valence-electron chi connectivity index (χ0n) is 11.1. The third kappa shape index (κ3) is 4.40. The summed E-state index contributed by atoms with van der Waals surface area (Å²) in [5.41, 5.74) is -0.302. The minimum Gasteiger partial charge on any atom is -0.348 e. The van der Waals surface area contributed by atoms with Gasteiger partial charge in [-0.3, -0.25) is 14.5 Å². The van der Waals surface area contributed by atoms with Crippen LogP contribution in [-0.4, -0.2) is 55.7 Å². The quantitative estimate of drug-likeness (QED) is 0.754. The normalized spacial score (nSPS) is 10.6. The first-order chi connectivity index (χ1) is 8.81. The summed E-state index contributed by atoms with van der Waals surface area (Å²) in [5.74, 6) is -2.17.